The minimum Gasteiger partial charge on any atom is -0.412 e. The summed E-state index contributed by atoms with van der Waals surface area (Å²) in [5, 5.41) is 0.124. The average Bonchev–Trinajstić information content (AvgIpc) is 2.33. The largest absolute Gasteiger partial charge is 0.412 e. The molecule has 0 radical (unpaired) electrons. The molecule has 0 amide bonds. The number of hydrogen-bond donors (Lipinski definition) is 0. The Bertz CT molecular complexity index is 584. The van der Waals surface area contributed by atoms with Crippen molar-refractivity contribution in [1.82, 2.24) is 0 Å². The van der Waals surface area contributed by atoms with Crippen LogP contribution in [-0.4, -0.2) is 16.4 Å². The van der Waals surface area contributed by atoms with E-state index >= 15 is 0 Å². The van der Waals surface area contributed by atoms with E-state index in [-0.39, 0.29) is 10.9 Å². The van der Waals surface area contributed by atoms with Gasteiger partial charge >= 0.3 is 0 Å². The molecule has 0 heterocycles. The summed E-state index contributed by atoms with van der Waals surface area (Å²) in [6.07, 6.45) is 0. The van der Waals surface area contributed by atoms with Gasteiger partial charge in [-0.1, -0.05) is 58.5 Å². The minimum absolute atomic E-state index is 0.124. The highest BCUT2D eigenvalue weighted by Gasteiger charge is 2.37. The van der Waals surface area contributed by atoms with E-state index in [1.54, 1.807) is 12.1 Å². The first-order valence-electron chi connectivity index (χ1n) is 7.78. The Morgan fingerprint density at radius 1 is 1.09 bits per heavy atom. The molecule has 122 valence electrons. The van der Waals surface area contributed by atoms with E-state index in [0.29, 0.717) is 17.7 Å². The van der Waals surface area contributed by atoms with Crippen LogP contribution in [0.3, 0.4) is 0 Å². The fourth-order valence-corrected chi connectivity index (χ4v) is 2.98. The zero-order chi connectivity index (χ0) is 17.2. The molecular weight excluding hydrogens is 307 g/mol. The maximum Gasteiger partial charge on any atom is 0.192 e. The average molecular weight is 337 g/mol. The van der Waals surface area contributed by atoms with Crippen LogP contribution in [0.2, 0.25) is 37.8 Å². The van der Waals surface area contributed by atoms with Gasteiger partial charge in [0.25, 0.3) is 0 Å². The Kier molecular flexibility index (Phi) is 5.83. The number of hydrogen-bond acceptors (Lipinski definition) is 1. The summed E-state index contributed by atoms with van der Waals surface area (Å²) in [7, 11) is -3.38. The predicted molar refractivity (Wildman–Crippen MR) is 98.6 cm³/mol. The van der Waals surface area contributed by atoms with Crippen LogP contribution in [-0.2, 0) is 11.0 Å². The third kappa shape index (κ3) is 5.38. The molecule has 22 heavy (non-hydrogen) atoms. The van der Waals surface area contributed by atoms with Crippen LogP contribution in [0.25, 0.3) is 0 Å². The normalized spacial score (nSPS) is 12.8. The Balaban J connectivity index is 2.97. The second-order valence-corrected chi connectivity index (χ2v) is 17.9. The monoisotopic (exact) mass is 336 g/mol. The van der Waals surface area contributed by atoms with Gasteiger partial charge in [0, 0.05) is 5.56 Å². The van der Waals surface area contributed by atoms with Gasteiger partial charge in [0.2, 0.25) is 0 Å². The van der Waals surface area contributed by atoms with Gasteiger partial charge in [-0.3, -0.25) is 0 Å². The summed E-state index contributed by atoms with van der Waals surface area (Å²) in [6, 6.07) is 5.40. The molecule has 0 fully saturated rings. The summed E-state index contributed by atoms with van der Waals surface area (Å²) < 4.78 is 20.7. The molecule has 0 spiro atoms. The second kappa shape index (κ2) is 6.70. The molecule has 1 aromatic rings. The first-order valence-corrected chi connectivity index (χ1v) is 14.2. The number of halogens is 1. The molecule has 0 bridgehead atoms. The van der Waals surface area contributed by atoms with Crippen LogP contribution < -0.4 is 0 Å². The van der Waals surface area contributed by atoms with E-state index < -0.39 is 16.4 Å². The van der Waals surface area contributed by atoms with Crippen LogP contribution in [0, 0.1) is 17.3 Å². The molecule has 4 heteroatoms. The molecule has 1 rings (SSSR count). The first-order chi connectivity index (χ1) is 9.83. The third-order valence-electron chi connectivity index (χ3n) is 4.05. The van der Waals surface area contributed by atoms with E-state index in [1.807, 2.05) is 6.07 Å². The highest BCUT2D eigenvalue weighted by Crippen LogP contribution is 2.37. The van der Waals surface area contributed by atoms with Gasteiger partial charge in [0.1, 0.15) is 13.9 Å². The van der Waals surface area contributed by atoms with Crippen molar-refractivity contribution in [3.8, 4) is 11.5 Å². The van der Waals surface area contributed by atoms with Crippen molar-refractivity contribution in [2.75, 3.05) is 0 Å². The zero-order valence-corrected chi connectivity index (χ0v) is 17.2. The highest BCUT2D eigenvalue weighted by molar-refractivity contribution is 6.83. The Hall–Kier alpha value is -0.896. The highest BCUT2D eigenvalue weighted by atomic mass is 28.4. The van der Waals surface area contributed by atoms with Crippen molar-refractivity contribution in [3.05, 3.63) is 35.1 Å². The Labute approximate surface area is 137 Å². The van der Waals surface area contributed by atoms with Crippen LogP contribution in [0.4, 0.5) is 4.39 Å². The summed E-state index contributed by atoms with van der Waals surface area (Å²) >= 11 is 0. The molecule has 0 aliphatic carbocycles. The van der Waals surface area contributed by atoms with E-state index in [0.717, 1.165) is 0 Å². The third-order valence-corrected chi connectivity index (χ3v) is 9.40. The van der Waals surface area contributed by atoms with E-state index in [2.05, 4.69) is 65.0 Å². The molecule has 0 unspecified atom stereocenters. The van der Waals surface area contributed by atoms with Crippen LogP contribution in [0.5, 0.6) is 0 Å². The molecular formula is C18H29FOSi2. The summed E-state index contributed by atoms with van der Waals surface area (Å²) in [6.45, 7) is 17.7. The number of rotatable bonds is 3. The molecule has 1 aromatic carbocycles. The summed E-state index contributed by atoms with van der Waals surface area (Å²) in [5.41, 5.74) is 4.31. The Morgan fingerprint density at radius 2 is 1.68 bits per heavy atom. The lowest BCUT2D eigenvalue weighted by Crippen LogP contribution is -2.40. The second-order valence-electron chi connectivity index (χ2n) is 8.33. The van der Waals surface area contributed by atoms with Crippen LogP contribution >= 0.6 is 0 Å². The quantitative estimate of drug-likeness (QED) is 0.517. The fraction of sp³-hybridized carbons (Fsp3) is 0.556. The van der Waals surface area contributed by atoms with Crippen molar-refractivity contribution in [2.45, 2.75) is 65.2 Å². The van der Waals surface area contributed by atoms with Gasteiger partial charge in [-0.25, -0.2) is 4.39 Å². The van der Waals surface area contributed by atoms with E-state index in [4.69, 9.17) is 4.43 Å². The first kappa shape index (κ1) is 19.2. The van der Waals surface area contributed by atoms with Gasteiger partial charge in [-0.05, 0) is 24.2 Å². The van der Waals surface area contributed by atoms with Crippen molar-refractivity contribution in [1.29, 1.82) is 0 Å². The fourth-order valence-electron chi connectivity index (χ4n) is 1.52. The van der Waals surface area contributed by atoms with Gasteiger partial charge in [-0.2, -0.15) is 0 Å². The maximum atomic E-state index is 14.6. The van der Waals surface area contributed by atoms with Crippen molar-refractivity contribution < 1.29 is 8.82 Å². The SMILES string of the molecule is CC(C)(C)[Si](C)(C)OCc1cccc(C#C[Si](C)(C)C)c1F. The predicted octanol–water partition coefficient (Wildman–Crippen LogP) is 5.58. The van der Waals surface area contributed by atoms with Crippen molar-refractivity contribution in [3.63, 3.8) is 0 Å². The lowest BCUT2D eigenvalue weighted by atomic mass is 10.1. The molecule has 0 atom stereocenters. The lowest BCUT2D eigenvalue weighted by Gasteiger charge is -2.36. The topological polar surface area (TPSA) is 9.23 Å². The van der Waals surface area contributed by atoms with Gasteiger partial charge in [-0.15, -0.1) is 5.54 Å². The molecule has 0 aliphatic rings. The molecule has 0 saturated carbocycles. The Morgan fingerprint density at radius 3 is 2.18 bits per heavy atom. The van der Waals surface area contributed by atoms with Crippen molar-refractivity contribution in [2.24, 2.45) is 0 Å². The lowest BCUT2D eigenvalue weighted by molar-refractivity contribution is 0.271. The molecule has 0 aromatic heterocycles. The van der Waals surface area contributed by atoms with Gasteiger partial charge in [0.05, 0.1) is 12.2 Å². The number of benzene rings is 1. The van der Waals surface area contributed by atoms with Gasteiger partial charge < -0.3 is 4.43 Å². The standard InChI is InChI=1S/C18H29FOSi2/c1-18(2,3)22(7,8)20-14-16-11-9-10-15(17(16)19)12-13-21(4,5)6/h9-11H,14H2,1-8H3. The van der Waals surface area contributed by atoms with Crippen LogP contribution in [0.1, 0.15) is 31.9 Å². The smallest absolute Gasteiger partial charge is 0.192 e. The molecule has 1 nitrogen and oxygen atoms in total. The summed E-state index contributed by atoms with van der Waals surface area (Å²) in [4.78, 5) is 0. The summed E-state index contributed by atoms with van der Waals surface area (Å²) in [5.74, 6) is 2.78. The molecule has 0 saturated heterocycles. The van der Waals surface area contributed by atoms with Crippen LogP contribution in [0.15, 0.2) is 18.2 Å². The van der Waals surface area contributed by atoms with E-state index in [9.17, 15) is 4.39 Å². The molecule has 0 N–H and O–H groups in total. The zero-order valence-electron chi connectivity index (χ0n) is 15.2. The van der Waals surface area contributed by atoms with Crippen molar-refractivity contribution >= 4 is 16.4 Å². The maximum absolute atomic E-state index is 14.6. The minimum atomic E-state index is -1.87. The van der Waals surface area contributed by atoms with Gasteiger partial charge in [0.15, 0.2) is 8.32 Å². The van der Waals surface area contributed by atoms with E-state index in [1.165, 1.54) is 0 Å². The molecule has 0 aliphatic heterocycles.